The first-order chi connectivity index (χ1) is 8.15. The minimum absolute atomic E-state index is 0.176. The van der Waals surface area contributed by atoms with Gasteiger partial charge in [-0.3, -0.25) is 14.7 Å². The number of nitrogens with zero attached hydrogens (tertiary/aromatic N) is 2. The molecule has 4 nitrogen and oxygen atoms in total. The van der Waals surface area contributed by atoms with Crippen LogP contribution in [0.2, 0.25) is 0 Å². The molecular formula is C13H18N2O2. The van der Waals surface area contributed by atoms with Crippen molar-refractivity contribution in [1.82, 2.24) is 9.88 Å². The molecule has 0 bridgehead atoms. The lowest BCUT2D eigenvalue weighted by Gasteiger charge is -2.22. The Morgan fingerprint density at radius 2 is 2.41 bits per heavy atom. The third-order valence-corrected chi connectivity index (χ3v) is 3.22. The van der Waals surface area contributed by atoms with E-state index in [1.807, 2.05) is 25.1 Å². The Kier molecular flexibility index (Phi) is 3.74. The summed E-state index contributed by atoms with van der Waals surface area (Å²) in [7, 11) is 0. The van der Waals surface area contributed by atoms with Crippen molar-refractivity contribution in [3.05, 3.63) is 29.6 Å². The highest BCUT2D eigenvalue weighted by Crippen LogP contribution is 2.21. The standard InChI is InChI=1S/C13H18N2O2/c1-10-4-2-5-11(14-10)9-15-7-3-6-12(15)8-13(16)17/h2,4-5,12H,3,6-9H2,1H3,(H,16,17). The molecule has 2 rings (SSSR count). The van der Waals surface area contributed by atoms with E-state index >= 15 is 0 Å². The summed E-state index contributed by atoms with van der Waals surface area (Å²) in [5.41, 5.74) is 2.04. The molecule has 1 aliphatic rings. The summed E-state index contributed by atoms with van der Waals surface area (Å²) in [4.78, 5) is 17.5. The predicted octanol–water partition coefficient (Wildman–Crippen LogP) is 1.83. The van der Waals surface area contributed by atoms with Crippen molar-refractivity contribution in [1.29, 1.82) is 0 Å². The van der Waals surface area contributed by atoms with Crippen LogP contribution in [-0.4, -0.2) is 33.5 Å². The largest absolute Gasteiger partial charge is 0.481 e. The van der Waals surface area contributed by atoms with Crippen molar-refractivity contribution >= 4 is 5.97 Å². The highest BCUT2D eigenvalue weighted by molar-refractivity contribution is 5.67. The van der Waals surface area contributed by atoms with E-state index in [2.05, 4.69) is 9.88 Å². The van der Waals surface area contributed by atoms with Crippen molar-refractivity contribution in [2.45, 2.75) is 38.8 Å². The molecule has 1 fully saturated rings. The van der Waals surface area contributed by atoms with Gasteiger partial charge in [-0.2, -0.15) is 0 Å². The fraction of sp³-hybridized carbons (Fsp3) is 0.538. The molecule has 1 saturated heterocycles. The average Bonchev–Trinajstić information content (AvgIpc) is 2.65. The van der Waals surface area contributed by atoms with Gasteiger partial charge < -0.3 is 5.11 Å². The maximum absolute atomic E-state index is 10.8. The Morgan fingerprint density at radius 1 is 1.59 bits per heavy atom. The van der Waals surface area contributed by atoms with Crippen molar-refractivity contribution in [2.75, 3.05) is 6.54 Å². The first kappa shape index (κ1) is 12.0. The molecule has 0 spiro atoms. The van der Waals surface area contributed by atoms with Crippen molar-refractivity contribution < 1.29 is 9.90 Å². The number of pyridine rings is 1. The second-order valence-corrected chi connectivity index (χ2v) is 4.63. The van der Waals surface area contributed by atoms with Gasteiger partial charge in [0.15, 0.2) is 0 Å². The molecule has 1 aromatic heterocycles. The van der Waals surface area contributed by atoms with E-state index < -0.39 is 5.97 Å². The fourth-order valence-corrected chi connectivity index (χ4v) is 2.43. The van der Waals surface area contributed by atoms with Gasteiger partial charge >= 0.3 is 5.97 Å². The molecule has 0 radical (unpaired) electrons. The number of rotatable bonds is 4. The second-order valence-electron chi connectivity index (χ2n) is 4.63. The van der Waals surface area contributed by atoms with E-state index in [0.717, 1.165) is 37.3 Å². The maximum Gasteiger partial charge on any atom is 0.304 e. The summed E-state index contributed by atoms with van der Waals surface area (Å²) < 4.78 is 0. The number of carbonyl (C=O) groups is 1. The summed E-state index contributed by atoms with van der Waals surface area (Å²) >= 11 is 0. The first-order valence-electron chi connectivity index (χ1n) is 6.03. The van der Waals surface area contributed by atoms with Crippen molar-refractivity contribution in [3.63, 3.8) is 0 Å². The smallest absolute Gasteiger partial charge is 0.304 e. The van der Waals surface area contributed by atoms with Crippen LogP contribution in [0, 0.1) is 6.92 Å². The lowest BCUT2D eigenvalue weighted by molar-refractivity contribution is -0.138. The summed E-state index contributed by atoms with van der Waals surface area (Å²) in [5, 5.41) is 8.86. The van der Waals surface area contributed by atoms with E-state index in [9.17, 15) is 4.79 Å². The summed E-state index contributed by atoms with van der Waals surface area (Å²) in [6.45, 7) is 3.72. The SMILES string of the molecule is Cc1cccc(CN2CCCC2CC(=O)O)n1. The van der Waals surface area contributed by atoms with Gasteiger partial charge in [0.05, 0.1) is 12.1 Å². The second kappa shape index (κ2) is 5.27. The molecule has 1 aromatic rings. The molecular weight excluding hydrogens is 216 g/mol. The molecule has 2 heterocycles. The number of hydrogen-bond donors (Lipinski definition) is 1. The Labute approximate surface area is 101 Å². The molecule has 0 saturated carbocycles. The molecule has 0 amide bonds. The molecule has 4 heteroatoms. The Bertz CT molecular complexity index is 406. The quantitative estimate of drug-likeness (QED) is 0.863. The number of aliphatic carboxylic acids is 1. The maximum atomic E-state index is 10.8. The summed E-state index contributed by atoms with van der Waals surface area (Å²) in [5.74, 6) is -0.709. The molecule has 17 heavy (non-hydrogen) atoms. The predicted molar refractivity (Wildman–Crippen MR) is 64.7 cm³/mol. The summed E-state index contributed by atoms with van der Waals surface area (Å²) in [6, 6.07) is 6.15. The number of carboxylic acid groups (broad SMARTS) is 1. The van der Waals surface area contributed by atoms with Crippen LogP contribution in [0.5, 0.6) is 0 Å². The topological polar surface area (TPSA) is 53.4 Å². The van der Waals surface area contributed by atoms with Gasteiger partial charge in [-0.1, -0.05) is 6.07 Å². The van der Waals surface area contributed by atoms with E-state index in [0.29, 0.717) is 0 Å². The highest BCUT2D eigenvalue weighted by atomic mass is 16.4. The molecule has 0 aromatic carbocycles. The van der Waals surface area contributed by atoms with Gasteiger partial charge in [0.2, 0.25) is 0 Å². The van der Waals surface area contributed by atoms with Crippen molar-refractivity contribution in [2.24, 2.45) is 0 Å². The van der Waals surface area contributed by atoms with Gasteiger partial charge in [0.25, 0.3) is 0 Å². The zero-order valence-electron chi connectivity index (χ0n) is 10.1. The van der Waals surface area contributed by atoms with Gasteiger partial charge in [0, 0.05) is 18.3 Å². The van der Waals surface area contributed by atoms with E-state index in [-0.39, 0.29) is 12.5 Å². The monoisotopic (exact) mass is 234 g/mol. The van der Waals surface area contributed by atoms with Crippen LogP contribution in [0.25, 0.3) is 0 Å². The number of aromatic nitrogens is 1. The first-order valence-corrected chi connectivity index (χ1v) is 6.03. The zero-order chi connectivity index (χ0) is 12.3. The Hall–Kier alpha value is -1.42. The van der Waals surface area contributed by atoms with Crippen molar-refractivity contribution in [3.8, 4) is 0 Å². The van der Waals surface area contributed by atoms with E-state index in [4.69, 9.17) is 5.11 Å². The van der Waals surface area contributed by atoms with Crippen LogP contribution in [0.3, 0.4) is 0 Å². The number of hydrogen-bond acceptors (Lipinski definition) is 3. The van der Waals surface area contributed by atoms with E-state index in [1.54, 1.807) is 0 Å². The minimum atomic E-state index is -0.709. The van der Waals surface area contributed by atoms with Gasteiger partial charge in [0.1, 0.15) is 0 Å². The normalized spacial score (nSPS) is 20.6. The Morgan fingerprint density at radius 3 is 3.12 bits per heavy atom. The fourth-order valence-electron chi connectivity index (χ4n) is 2.43. The van der Waals surface area contributed by atoms with Crippen LogP contribution >= 0.6 is 0 Å². The third-order valence-electron chi connectivity index (χ3n) is 3.22. The van der Waals surface area contributed by atoms with Crippen LogP contribution < -0.4 is 0 Å². The van der Waals surface area contributed by atoms with Crippen LogP contribution in [0.4, 0.5) is 0 Å². The summed E-state index contributed by atoms with van der Waals surface area (Å²) in [6.07, 6.45) is 2.31. The molecule has 1 unspecified atom stereocenters. The molecule has 0 aliphatic carbocycles. The lowest BCUT2D eigenvalue weighted by atomic mass is 10.1. The van der Waals surface area contributed by atoms with E-state index in [1.165, 1.54) is 0 Å². The number of carboxylic acids is 1. The molecule has 92 valence electrons. The third kappa shape index (κ3) is 3.27. The average molecular weight is 234 g/mol. The van der Waals surface area contributed by atoms with Gasteiger partial charge in [-0.15, -0.1) is 0 Å². The van der Waals surface area contributed by atoms with Crippen LogP contribution in [0.15, 0.2) is 18.2 Å². The Balaban J connectivity index is 2.00. The molecule has 1 aliphatic heterocycles. The number of aryl methyl sites for hydroxylation is 1. The lowest BCUT2D eigenvalue weighted by Crippen LogP contribution is -2.31. The zero-order valence-corrected chi connectivity index (χ0v) is 10.1. The molecule has 1 N–H and O–H groups in total. The number of likely N-dealkylation sites (tertiary alicyclic amines) is 1. The van der Waals surface area contributed by atoms with Crippen LogP contribution in [0.1, 0.15) is 30.7 Å². The molecule has 1 atom stereocenters. The highest BCUT2D eigenvalue weighted by Gasteiger charge is 2.26. The minimum Gasteiger partial charge on any atom is -0.481 e. The van der Waals surface area contributed by atoms with Gasteiger partial charge in [-0.05, 0) is 38.4 Å². The van der Waals surface area contributed by atoms with Gasteiger partial charge in [-0.25, -0.2) is 0 Å². The van der Waals surface area contributed by atoms with Crippen LogP contribution in [-0.2, 0) is 11.3 Å².